The highest BCUT2D eigenvalue weighted by Gasteiger charge is 2.09. The molecule has 1 aromatic heterocycles. The zero-order valence-corrected chi connectivity index (χ0v) is 9.23. The maximum absolute atomic E-state index is 11.3. The molecule has 0 bridgehead atoms. The van der Waals surface area contributed by atoms with Crippen molar-refractivity contribution in [1.82, 2.24) is 9.97 Å². The Balaban J connectivity index is 2.42. The molecule has 17 heavy (non-hydrogen) atoms. The summed E-state index contributed by atoms with van der Waals surface area (Å²) >= 11 is 0. The lowest BCUT2D eigenvalue weighted by atomic mass is 10.2. The lowest BCUT2D eigenvalue weighted by Gasteiger charge is -2.09. The molecule has 2 aromatic rings. The van der Waals surface area contributed by atoms with Crippen LogP contribution in [0.25, 0.3) is 0 Å². The van der Waals surface area contributed by atoms with Crippen LogP contribution in [-0.4, -0.2) is 9.97 Å². The van der Waals surface area contributed by atoms with E-state index in [2.05, 4.69) is 9.97 Å². The quantitative estimate of drug-likeness (QED) is 0.670. The van der Waals surface area contributed by atoms with Crippen molar-refractivity contribution < 1.29 is 4.74 Å². The summed E-state index contributed by atoms with van der Waals surface area (Å²) in [5.74, 6) is 0.473. The van der Waals surface area contributed by atoms with Crippen LogP contribution in [0.1, 0.15) is 5.56 Å². The van der Waals surface area contributed by atoms with Crippen molar-refractivity contribution in [1.29, 1.82) is 0 Å². The van der Waals surface area contributed by atoms with Crippen LogP contribution in [0.15, 0.2) is 29.3 Å². The molecule has 0 aliphatic carbocycles. The molecule has 2 rings (SSSR count). The Hall–Kier alpha value is -2.50. The van der Waals surface area contributed by atoms with Crippen LogP contribution >= 0.6 is 0 Å². The number of rotatable bonds is 2. The highest BCUT2D eigenvalue weighted by molar-refractivity contribution is 5.60. The number of para-hydroxylation sites is 1. The number of aryl methyl sites for hydroxylation is 1. The zero-order chi connectivity index (χ0) is 12.4. The molecule has 0 fully saturated rings. The van der Waals surface area contributed by atoms with E-state index in [-0.39, 0.29) is 11.6 Å². The molecule has 0 saturated heterocycles. The normalized spacial score (nSPS) is 10.2. The van der Waals surface area contributed by atoms with Crippen molar-refractivity contribution in [3.05, 3.63) is 40.4 Å². The van der Waals surface area contributed by atoms with Gasteiger partial charge in [0.25, 0.3) is 5.56 Å². The lowest BCUT2D eigenvalue weighted by molar-refractivity contribution is 0.465. The fourth-order valence-corrected chi connectivity index (χ4v) is 1.32. The predicted molar refractivity (Wildman–Crippen MR) is 64.9 cm³/mol. The van der Waals surface area contributed by atoms with Crippen LogP contribution in [0, 0.1) is 6.92 Å². The van der Waals surface area contributed by atoms with Gasteiger partial charge in [0.1, 0.15) is 0 Å². The number of aromatic amines is 1. The van der Waals surface area contributed by atoms with E-state index in [9.17, 15) is 4.79 Å². The largest absolute Gasteiger partial charge is 0.435 e. The third-order valence-corrected chi connectivity index (χ3v) is 2.34. The van der Waals surface area contributed by atoms with Crippen molar-refractivity contribution >= 4 is 11.4 Å². The molecule has 5 N–H and O–H groups in total. The minimum atomic E-state index is -0.443. The number of nitrogen functional groups attached to an aromatic ring is 2. The Morgan fingerprint density at radius 1 is 1.29 bits per heavy atom. The molecule has 0 radical (unpaired) electrons. The summed E-state index contributed by atoms with van der Waals surface area (Å²) in [7, 11) is 0. The number of benzene rings is 1. The fraction of sp³-hybridized carbons (Fsp3) is 0.0909. The summed E-state index contributed by atoms with van der Waals surface area (Å²) in [6, 6.07) is 5.34. The Labute approximate surface area is 97.2 Å². The number of nitrogens with zero attached hydrogens (tertiary/aromatic N) is 1. The summed E-state index contributed by atoms with van der Waals surface area (Å²) in [5.41, 5.74) is 12.2. The van der Waals surface area contributed by atoms with Crippen molar-refractivity contribution in [3.63, 3.8) is 0 Å². The van der Waals surface area contributed by atoms with Crippen LogP contribution < -0.4 is 21.8 Å². The molecule has 1 aromatic carbocycles. The summed E-state index contributed by atoms with van der Waals surface area (Å²) in [4.78, 5) is 17.4. The van der Waals surface area contributed by atoms with Crippen LogP contribution in [0.5, 0.6) is 11.6 Å². The first kappa shape index (κ1) is 11.0. The smallest absolute Gasteiger partial charge is 0.277 e. The number of nitrogens with two attached hydrogens (primary N) is 2. The molecule has 6 nitrogen and oxygen atoms in total. The summed E-state index contributed by atoms with van der Waals surface area (Å²) in [5, 5.41) is 0. The first-order chi connectivity index (χ1) is 8.09. The van der Waals surface area contributed by atoms with E-state index in [1.165, 1.54) is 6.33 Å². The van der Waals surface area contributed by atoms with Gasteiger partial charge in [-0.25, -0.2) is 4.98 Å². The molecule has 0 aliphatic rings. The highest BCUT2D eigenvalue weighted by atomic mass is 16.5. The van der Waals surface area contributed by atoms with Gasteiger partial charge in [0, 0.05) is 0 Å². The maximum Gasteiger partial charge on any atom is 0.277 e. The second kappa shape index (κ2) is 4.17. The van der Waals surface area contributed by atoms with Gasteiger partial charge in [-0.3, -0.25) is 4.79 Å². The molecule has 88 valence electrons. The number of ether oxygens (including phenoxy) is 1. The average Bonchev–Trinajstić information content (AvgIpc) is 2.31. The summed E-state index contributed by atoms with van der Waals surface area (Å²) in [6.07, 6.45) is 1.22. The number of hydrogen-bond donors (Lipinski definition) is 3. The van der Waals surface area contributed by atoms with Crippen molar-refractivity contribution in [2.24, 2.45) is 0 Å². The fourth-order valence-electron chi connectivity index (χ4n) is 1.32. The third kappa shape index (κ3) is 2.05. The Bertz CT molecular complexity index is 607. The van der Waals surface area contributed by atoms with Crippen LogP contribution in [0.2, 0.25) is 0 Å². The van der Waals surface area contributed by atoms with Gasteiger partial charge >= 0.3 is 0 Å². The average molecular weight is 232 g/mol. The molecule has 0 atom stereocenters. The first-order valence-corrected chi connectivity index (χ1v) is 4.95. The molecule has 0 spiro atoms. The van der Waals surface area contributed by atoms with Crippen LogP contribution in [-0.2, 0) is 0 Å². The summed E-state index contributed by atoms with van der Waals surface area (Å²) in [6.45, 7) is 1.86. The van der Waals surface area contributed by atoms with E-state index >= 15 is 0 Å². The second-order valence-corrected chi connectivity index (χ2v) is 3.54. The van der Waals surface area contributed by atoms with Crippen molar-refractivity contribution in [3.8, 4) is 11.6 Å². The minimum Gasteiger partial charge on any atom is -0.435 e. The standard InChI is InChI=1S/C11H12N4O2/c1-6-3-2-4-7(8(6)12)17-11-9(13)10(16)14-5-15-11/h2-5H,12-13H2,1H3,(H,14,15,16). The van der Waals surface area contributed by atoms with Gasteiger partial charge in [0.2, 0.25) is 5.88 Å². The van der Waals surface area contributed by atoms with E-state index in [0.717, 1.165) is 5.56 Å². The van der Waals surface area contributed by atoms with E-state index in [4.69, 9.17) is 16.2 Å². The van der Waals surface area contributed by atoms with Gasteiger partial charge in [-0.15, -0.1) is 0 Å². The molecule has 0 unspecified atom stereocenters. The Morgan fingerprint density at radius 2 is 2.06 bits per heavy atom. The van der Waals surface area contributed by atoms with E-state index in [1.54, 1.807) is 12.1 Å². The van der Waals surface area contributed by atoms with Crippen LogP contribution in [0.4, 0.5) is 11.4 Å². The van der Waals surface area contributed by atoms with Gasteiger partial charge in [-0.2, -0.15) is 0 Å². The molecule has 0 saturated carbocycles. The SMILES string of the molecule is Cc1cccc(Oc2nc[nH]c(=O)c2N)c1N. The predicted octanol–water partition coefficient (Wildman–Crippen LogP) is 1.04. The number of hydrogen-bond acceptors (Lipinski definition) is 5. The number of anilines is 2. The van der Waals surface area contributed by atoms with E-state index < -0.39 is 5.56 Å². The number of aromatic nitrogens is 2. The molecule has 1 heterocycles. The molecule has 0 amide bonds. The third-order valence-electron chi connectivity index (χ3n) is 2.34. The number of nitrogens with one attached hydrogen (secondary N) is 1. The first-order valence-electron chi connectivity index (χ1n) is 4.95. The summed E-state index contributed by atoms with van der Waals surface area (Å²) < 4.78 is 5.42. The number of H-pyrrole nitrogens is 1. The zero-order valence-electron chi connectivity index (χ0n) is 9.23. The molecule has 0 aliphatic heterocycles. The molecule has 6 heteroatoms. The Morgan fingerprint density at radius 3 is 2.82 bits per heavy atom. The topological polar surface area (TPSA) is 107 Å². The van der Waals surface area contributed by atoms with Crippen molar-refractivity contribution in [2.45, 2.75) is 6.92 Å². The minimum absolute atomic E-state index is 0.0473. The lowest BCUT2D eigenvalue weighted by Crippen LogP contribution is -2.13. The van der Waals surface area contributed by atoms with Gasteiger partial charge < -0.3 is 21.2 Å². The molecular formula is C11H12N4O2. The molecular weight excluding hydrogens is 220 g/mol. The maximum atomic E-state index is 11.3. The Kier molecular flexibility index (Phi) is 2.70. The van der Waals surface area contributed by atoms with Gasteiger partial charge in [-0.1, -0.05) is 12.1 Å². The van der Waals surface area contributed by atoms with E-state index in [0.29, 0.717) is 11.4 Å². The monoisotopic (exact) mass is 232 g/mol. The van der Waals surface area contributed by atoms with Gasteiger partial charge in [-0.05, 0) is 18.6 Å². The highest BCUT2D eigenvalue weighted by Crippen LogP contribution is 2.29. The van der Waals surface area contributed by atoms with Crippen LogP contribution in [0.3, 0.4) is 0 Å². The van der Waals surface area contributed by atoms with Gasteiger partial charge in [0.15, 0.2) is 11.4 Å². The van der Waals surface area contributed by atoms with Gasteiger partial charge in [0.05, 0.1) is 12.0 Å². The van der Waals surface area contributed by atoms with E-state index in [1.807, 2.05) is 13.0 Å². The van der Waals surface area contributed by atoms with Crippen molar-refractivity contribution in [2.75, 3.05) is 11.5 Å². The second-order valence-electron chi connectivity index (χ2n) is 3.54.